The van der Waals surface area contributed by atoms with Gasteiger partial charge in [-0.2, -0.15) is 22.9 Å². The van der Waals surface area contributed by atoms with E-state index < -0.39 is 27.1 Å². The fraction of sp³-hybridized carbons (Fsp3) is 0.286. The molecule has 0 radical (unpaired) electrons. The Kier molecular flexibility index (Phi) is 6.56. The van der Waals surface area contributed by atoms with Crippen molar-refractivity contribution in [1.29, 1.82) is 0 Å². The predicted octanol–water partition coefficient (Wildman–Crippen LogP) is 3.02. The van der Waals surface area contributed by atoms with Crippen LogP contribution < -0.4 is 4.90 Å². The molecule has 0 fully saturated rings. The second-order valence-corrected chi connectivity index (χ2v) is 8.67. The fourth-order valence-corrected chi connectivity index (χ4v) is 3.98. The van der Waals surface area contributed by atoms with Crippen molar-refractivity contribution in [2.24, 2.45) is 10.1 Å². The van der Waals surface area contributed by atoms with Crippen molar-refractivity contribution in [3.63, 3.8) is 0 Å². The van der Waals surface area contributed by atoms with Crippen LogP contribution in [0.15, 0.2) is 46.9 Å². The summed E-state index contributed by atoms with van der Waals surface area (Å²) in [6.07, 6.45) is 4.16. The number of anilines is 1. The highest BCUT2D eigenvalue weighted by molar-refractivity contribution is 8.03. The van der Waals surface area contributed by atoms with Crippen molar-refractivity contribution >= 4 is 38.7 Å². The standard InChI is InChI=1S/C21H19F3N8O2S/c1-4-31(5-2)13-6-7-14(12(3)10-13)27-16-17(20(33)35(34)21(22,23)24)30-32-18(28-29-19(16)32)15-11-25-8-9-26-15/h6-11H,4-5H2,1-3H3. The summed E-state index contributed by atoms with van der Waals surface area (Å²) in [5.41, 5.74) is -4.01. The van der Waals surface area contributed by atoms with Gasteiger partial charge in [-0.15, -0.1) is 10.2 Å². The van der Waals surface area contributed by atoms with E-state index >= 15 is 0 Å². The summed E-state index contributed by atoms with van der Waals surface area (Å²) in [5, 5.41) is 10.2. The number of aromatic nitrogens is 5. The molecule has 182 valence electrons. The van der Waals surface area contributed by atoms with Crippen molar-refractivity contribution in [2.75, 3.05) is 18.0 Å². The number of nitrogens with zero attached hydrogens (tertiary/aromatic N) is 8. The zero-order valence-electron chi connectivity index (χ0n) is 18.8. The SMILES string of the molecule is CCN(CC)c1ccc(N=C2C(C(=O)S(=O)C(F)(F)F)=Nn3c2nnc3-c2cnccn2)c(C)c1. The van der Waals surface area contributed by atoms with E-state index in [-0.39, 0.29) is 23.1 Å². The first-order chi connectivity index (χ1) is 16.7. The fourth-order valence-electron chi connectivity index (χ4n) is 3.45. The normalized spacial score (nSPS) is 15.1. The number of hydrogen-bond donors (Lipinski definition) is 0. The molecule has 0 aliphatic carbocycles. The van der Waals surface area contributed by atoms with E-state index in [2.05, 4.69) is 35.2 Å². The second-order valence-electron chi connectivity index (χ2n) is 7.30. The van der Waals surface area contributed by atoms with Gasteiger partial charge in [-0.1, -0.05) is 0 Å². The van der Waals surface area contributed by atoms with Crippen molar-refractivity contribution in [1.82, 2.24) is 24.8 Å². The third-order valence-corrected chi connectivity index (χ3v) is 6.13. The Balaban J connectivity index is 1.84. The number of aliphatic imine (C=N–C) groups is 1. The first kappa shape index (κ1) is 24.3. The highest BCUT2D eigenvalue weighted by Crippen LogP contribution is 2.29. The molecule has 0 N–H and O–H groups in total. The molecule has 0 saturated carbocycles. The van der Waals surface area contributed by atoms with Gasteiger partial charge in [-0.3, -0.25) is 9.78 Å². The zero-order chi connectivity index (χ0) is 25.3. The van der Waals surface area contributed by atoms with Crippen LogP contribution in [-0.4, -0.2) is 64.2 Å². The van der Waals surface area contributed by atoms with Gasteiger partial charge in [0.2, 0.25) is 22.4 Å². The number of alkyl halides is 3. The molecule has 0 amide bonds. The molecule has 1 aromatic carbocycles. The summed E-state index contributed by atoms with van der Waals surface area (Å²) >= 11 is 0. The third-order valence-electron chi connectivity index (χ3n) is 5.18. The van der Waals surface area contributed by atoms with Gasteiger partial charge in [-0.05, 0) is 44.5 Å². The van der Waals surface area contributed by atoms with Crippen molar-refractivity contribution in [3.8, 4) is 11.5 Å². The van der Waals surface area contributed by atoms with Crippen LogP contribution >= 0.6 is 0 Å². The smallest absolute Gasteiger partial charge is 0.372 e. The zero-order valence-corrected chi connectivity index (χ0v) is 19.6. The monoisotopic (exact) mass is 504 g/mol. The predicted molar refractivity (Wildman–Crippen MR) is 124 cm³/mol. The maximum atomic E-state index is 13.1. The number of halogens is 3. The average molecular weight is 504 g/mol. The lowest BCUT2D eigenvalue weighted by molar-refractivity contribution is -0.107. The highest BCUT2D eigenvalue weighted by atomic mass is 32.2. The van der Waals surface area contributed by atoms with Crippen LogP contribution in [0.3, 0.4) is 0 Å². The van der Waals surface area contributed by atoms with Gasteiger partial charge < -0.3 is 4.90 Å². The molecule has 4 rings (SSSR count). The summed E-state index contributed by atoms with van der Waals surface area (Å²) in [6.45, 7) is 7.38. The molecule has 0 spiro atoms. The van der Waals surface area contributed by atoms with Gasteiger partial charge in [0, 0.05) is 31.2 Å². The van der Waals surface area contributed by atoms with Gasteiger partial charge >= 0.3 is 5.51 Å². The summed E-state index contributed by atoms with van der Waals surface area (Å²) in [4.78, 5) is 27.1. The maximum Gasteiger partial charge on any atom is 0.479 e. The Morgan fingerprint density at radius 2 is 1.86 bits per heavy atom. The van der Waals surface area contributed by atoms with Gasteiger partial charge in [0.05, 0.1) is 11.9 Å². The minimum absolute atomic E-state index is 0.0370. The van der Waals surface area contributed by atoms with Crippen LogP contribution in [-0.2, 0) is 15.6 Å². The van der Waals surface area contributed by atoms with Gasteiger partial charge in [0.15, 0.2) is 5.71 Å². The molecule has 1 unspecified atom stereocenters. The van der Waals surface area contributed by atoms with Crippen molar-refractivity contribution < 1.29 is 22.2 Å². The minimum Gasteiger partial charge on any atom is -0.372 e. The lowest BCUT2D eigenvalue weighted by Gasteiger charge is -2.21. The molecular weight excluding hydrogens is 485 g/mol. The van der Waals surface area contributed by atoms with Crippen molar-refractivity contribution in [2.45, 2.75) is 26.3 Å². The summed E-state index contributed by atoms with van der Waals surface area (Å²) in [5.74, 6) is -0.0459. The Morgan fingerprint density at radius 1 is 1.14 bits per heavy atom. The Morgan fingerprint density at radius 3 is 2.46 bits per heavy atom. The number of benzene rings is 1. The van der Waals surface area contributed by atoms with E-state index in [0.29, 0.717) is 11.3 Å². The number of hydrogen-bond acceptors (Lipinski definition) is 9. The maximum absolute atomic E-state index is 13.1. The third kappa shape index (κ3) is 4.60. The second kappa shape index (κ2) is 9.44. The molecule has 0 bridgehead atoms. The molecule has 14 heteroatoms. The van der Waals surface area contributed by atoms with Crippen LogP contribution in [0.2, 0.25) is 0 Å². The van der Waals surface area contributed by atoms with Crippen LogP contribution in [0, 0.1) is 6.92 Å². The molecule has 1 atom stereocenters. The van der Waals surface area contributed by atoms with E-state index in [4.69, 9.17) is 0 Å². The molecule has 1 aliphatic rings. The Bertz CT molecular complexity index is 1360. The summed E-state index contributed by atoms with van der Waals surface area (Å²) in [7, 11) is -3.84. The molecule has 10 nitrogen and oxygen atoms in total. The van der Waals surface area contributed by atoms with E-state index in [9.17, 15) is 22.2 Å². The number of rotatable bonds is 6. The van der Waals surface area contributed by atoms with Crippen LogP contribution in [0.1, 0.15) is 25.2 Å². The number of aryl methyl sites for hydroxylation is 1. The van der Waals surface area contributed by atoms with Crippen LogP contribution in [0.4, 0.5) is 24.5 Å². The van der Waals surface area contributed by atoms with E-state index in [1.807, 2.05) is 26.0 Å². The van der Waals surface area contributed by atoms with Crippen LogP contribution in [0.5, 0.6) is 0 Å². The number of carbonyl (C=O) groups is 1. The molecule has 35 heavy (non-hydrogen) atoms. The van der Waals surface area contributed by atoms with Gasteiger partial charge in [0.25, 0.3) is 5.12 Å². The largest absolute Gasteiger partial charge is 0.479 e. The molecular formula is C21H19F3N8O2S. The van der Waals surface area contributed by atoms with Crippen LogP contribution in [0.25, 0.3) is 11.5 Å². The van der Waals surface area contributed by atoms with Crippen molar-refractivity contribution in [3.05, 3.63) is 48.2 Å². The quantitative estimate of drug-likeness (QED) is 0.506. The van der Waals surface area contributed by atoms with Gasteiger partial charge in [0.1, 0.15) is 11.4 Å². The van der Waals surface area contributed by atoms with E-state index in [0.717, 1.165) is 23.5 Å². The Labute approximate surface area is 200 Å². The van der Waals surface area contributed by atoms with E-state index in [1.54, 1.807) is 13.0 Å². The molecule has 3 heterocycles. The molecule has 3 aromatic rings. The molecule has 2 aromatic heterocycles. The Hall–Kier alpha value is -3.81. The number of fused-ring (bicyclic) bond motifs is 1. The van der Waals surface area contributed by atoms with E-state index in [1.165, 1.54) is 18.6 Å². The molecule has 1 aliphatic heterocycles. The molecule has 0 saturated heterocycles. The average Bonchev–Trinajstić information content (AvgIpc) is 3.40. The topological polar surface area (TPSA) is 119 Å². The lowest BCUT2D eigenvalue weighted by atomic mass is 10.1. The lowest BCUT2D eigenvalue weighted by Crippen LogP contribution is -2.33. The first-order valence-corrected chi connectivity index (χ1v) is 11.6. The van der Waals surface area contributed by atoms with Gasteiger partial charge in [-0.25, -0.2) is 14.2 Å². The summed E-state index contributed by atoms with van der Waals surface area (Å²) < 4.78 is 52.2. The number of carbonyl (C=O) groups excluding carboxylic acids is 1. The first-order valence-electron chi connectivity index (χ1n) is 10.4. The minimum atomic E-state index is -5.26. The summed E-state index contributed by atoms with van der Waals surface area (Å²) in [6, 6.07) is 5.38. The highest BCUT2D eigenvalue weighted by Gasteiger charge is 2.47.